The van der Waals surface area contributed by atoms with Crippen LogP contribution < -0.4 is 11.5 Å². The molecule has 0 heterocycles. The van der Waals surface area contributed by atoms with Crippen LogP contribution in [0.2, 0.25) is 0 Å². The van der Waals surface area contributed by atoms with E-state index < -0.39 is 29.7 Å². The fourth-order valence-corrected chi connectivity index (χ4v) is 0. The van der Waals surface area contributed by atoms with Gasteiger partial charge in [-0.2, -0.15) is 0 Å². The van der Waals surface area contributed by atoms with Gasteiger partial charge in [0.2, 0.25) is 5.78 Å². The van der Waals surface area contributed by atoms with Crippen LogP contribution in [-0.4, -0.2) is 51.6 Å². The Morgan fingerprint density at radius 2 is 1.29 bits per heavy atom. The first-order valence-corrected chi connectivity index (χ1v) is 4.20. The van der Waals surface area contributed by atoms with Crippen molar-refractivity contribution in [2.75, 3.05) is 6.54 Å². The SMILES string of the molecule is CC(=O)C(=O)O.C[C@H](N)C(=O)O.NCC(=O)O. The third-order valence-electron chi connectivity index (χ3n) is 0.865. The molecule has 0 fully saturated rings. The van der Waals surface area contributed by atoms with Gasteiger partial charge in [0.25, 0.3) is 0 Å². The summed E-state index contributed by atoms with van der Waals surface area (Å²) in [5.41, 5.74) is 9.41. The number of carbonyl (C=O) groups excluding carboxylic acids is 1. The van der Waals surface area contributed by atoms with Gasteiger partial charge in [0.15, 0.2) is 0 Å². The molecule has 0 radical (unpaired) electrons. The quantitative estimate of drug-likeness (QED) is 0.358. The Bertz CT molecular complexity index is 263. The number of rotatable bonds is 3. The molecule has 0 bridgehead atoms. The van der Waals surface area contributed by atoms with Crippen LogP contribution in [0.25, 0.3) is 0 Å². The van der Waals surface area contributed by atoms with Crippen LogP contribution in [-0.2, 0) is 19.2 Å². The summed E-state index contributed by atoms with van der Waals surface area (Å²) in [4.78, 5) is 37.7. The second-order valence-electron chi connectivity index (χ2n) is 2.59. The number of aliphatic carboxylic acids is 3. The van der Waals surface area contributed by atoms with E-state index in [0.29, 0.717) is 0 Å². The Hall–Kier alpha value is -2.00. The van der Waals surface area contributed by atoms with E-state index in [4.69, 9.17) is 21.1 Å². The van der Waals surface area contributed by atoms with Crippen molar-refractivity contribution in [1.82, 2.24) is 0 Å². The van der Waals surface area contributed by atoms with E-state index in [9.17, 15) is 19.2 Å². The van der Waals surface area contributed by atoms with Crippen LogP contribution in [0.15, 0.2) is 0 Å². The Kier molecular flexibility index (Phi) is 14.5. The molecule has 0 aromatic rings. The molecule has 1 atom stereocenters. The Balaban J connectivity index is -0.000000174. The Labute approximate surface area is 97.0 Å². The number of Topliss-reactive ketones (excluding diaryl/α,β-unsaturated/α-hetero) is 1. The number of carbonyl (C=O) groups is 4. The van der Waals surface area contributed by atoms with Gasteiger partial charge in [0.05, 0.1) is 6.54 Å². The molecule has 17 heavy (non-hydrogen) atoms. The fourth-order valence-electron chi connectivity index (χ4n) is 0. The van der Waals surface area contributed by atoms with Gasteiger partial charge in [-0.25, -0.2) is 4.79 Å². The van der Waals surface area contributed by atoms with E-state index in [2.05, 4.69) is 5.73 Å². The summed E-state index contributed by atoms with van der Waals surface area (Å²) < 4.78 is 0. The summed E-state index contributed by atoms with van der Waals surface area (Å²) in [6, 6.07) is -0.731. The lowest BCUT2D eigenvalue weighted by Gasteiger charge is -1.90. The largest absolute Gasteiger partial charge is 0.480 e. The van der Waals surface area contributed by atoms with Gasteiger partial charge in [0.1, 0.15) is 6.04 Å². The van der Waals surface area contributed by atoms with Crippen LogP contribution in [0.3, 0.4) is 0 Å². The molecule has 0 spiro atoms. The maximum atomic E-state index is 9.57. The van der Waals surface area contributed by atoms with Gasteiger partial charge >= 0.3 is 17.9 Å². The van der Waals surface area contributed by atoms with Crippen LogP contribution in [0.5, 0.6) is 0 Å². The fraction of sp³-hybridized carbons (Fsp3) is 0.500. The summed E-state index contributed by atoms with van der Waals surface area (Å²) in [6.07, 6.45) is 0. The van der Waals surface area contributed by atoms with Gasteiger partial charge in [0, 0.05) is 6.92 Å². The van der Waals surface area contributed by atoms with Crippen molar-refractivity contribution >= 4 is 23.7 Å². The van der Waals surface area contributed by atoms with Crippen LogP contribution in [0.4, 0.5) is 0 Å². The summed E-state index contributed by atoms with van der Waals surface area (Å²) in [5.74, 6) is -4.13. The minimum atomic E-state index is -1.38. The average Bonchev–Trinajstić information content (AvgIpc) is 2.19. The molecule has 100 valence electrons. The van der Waals surface area contributed by atoms with Crippen molar-refractivity contribution in [3.05, 3.63) is 0 Å². The van der Waals surface area contributed by atoms with E-state index >= 15 is 0 Å². The minimum Gasteiger partial charge on any atom is -0.480 e. The molecule has 0 aromatic heterocycles. The maximum Gasteiger partial charge on any atom is 0.371 e. The molecule has 9 heteroatoms. The van der Waals surface area contributed by atoms with Crippen molar-refractivity contribution < 1.29 is 34.5 Å². The summed E-state index contributed by atoms with van der Waals surface area (Å²) in [6.45, 7) is 2.14. The maximum absolute atomic E-state index is 9.57. The molecule has 0 saturated carbocycles. The highest BCUT2D eigenvalue weighted by molar-refractivity contribution is 6.31. The van der Waals surface area contributed by atoms with Crippen molar-refractivity contribution in [3.8, 4) is 0 Å². The predicted octanol–water partition coefficient (Wildman–Crippen LogP) is -1.89. The van der Waals surface area contributed by atoms with E-state index in [1.54, 1.807) is 0 Å². The zero-order valence-electron chi connectivity index (χ0n) is 9.41. The normalized spacial score (nSPS) is 9.65. The number of carboxylic acids is 3. The molecule has 0 saturated heterocycles. The minimum absolute atomic E-state index is 0.278. The van der Waals surface area contributed by atoms with E-state index in [0.717, 1.165) is 6.92 Å². The molecule has 0 aromatic carbocycles. The monoisotopic (exact) mass is 252 g/mol. The van der Waals surface area contributed by atoms with Crippen molar-refractivity contribution in [2.45, 2.75) is 19.9 Å². The van der Waals surface area contributed by atoms with Gasteiger partial charge in [-0.1, -0.05) is 0 Å². The molecule has 0 unspecified atom stereocenters. The molecule has 0 rings (SSSR count). The third-order valence-corrected chi connectivity index (χ3v) is 0.865. The van der Waals surface area contributed by atoms with Crippen LogP contribution >= 0.6 is 0 Å². The third kappa shape index (κ3) is 31.5. The van der Waals surface area contributed by atoms with Gasteiger partial charge in [-0.3, -0.25) is 14.4 Å². The van der Waals surface area contributed by atoms with Gasteiger partial charge < -0.3 is 26.8 Å². The summed E-state index contributed by atoms with van der Waals surface area (Å²) in [5, 5.41) is 23.1. The first-order valence-electron chi connectivity index (χ1n) is 4.20. The number of hydrogen-bond acceptors (Lipinski definition) is 6. The number of ketones is 1. The second-order valence-corrected chi connectivity index (χ2v) is 2.59. The topological polar surface area (TPSA) is 181 Å². The highest BCUT2D eigenvalue weighted by Gasteiger charge is 1.99. The van der Waals surface area contributed by atoms with Crippen LogP contribution in [0, 0.1) is 0 Å². The molecular formula is C8H16N2O7. The predicted molar refractivity (Wildman–Crippen MR) is 56.3 cm³/mol. The Morgan fingerprint density at radius 3 is 1.29 bits per heavy atom. The smallest absolute Gasteiger partial charge is 0.371 e. The summed E-state index contributed by atoms with van der Waals surface area (Å²) in [7, 11) is 0. The zero-order valence-corrected chi connectivity index (χ0v) is 9.41. The Morgan fingerprint density at radius 1 is 1.12 bits per heavy atom. The van der Waals surface area contributed by atoms with E-state index in [1.165, 1.54) is 6.92 Å². The summed E-state index contributed by atoms with van der Waals surface area (Å²) >= 11 is 0. The number of carboxylic acid groups (broad SMARTS) is 3. The number of hydrogen-bond donors (Lipinski definition) is 5. The van der Waals surface area contributed by atoms with Crippen molar-refractivity contribution in [2.24, 2.45) is 11.5 Å². The average molecular weight is 252 g/mol. The molecular weight excluding hydrogens is 236 g/mol. The molecule has 0 aliphatic rings. The van der Waals surface area contributed by atoms with Crippen LogP contribution in [0.1, 0.15) is 13.8 Å². The van der Waals surface area contributed by atoms with Crippen molar-refractivity contribution in [3.63, 3.8) is 0 Å². The lowest BCUT2D eigenvalue weighted by Crippen LogP contribution is -2.25. The molecule has 0 aliphatic carbocycles. The number of nitrogens with two attached hydrogens (primary N) is 2. The standard InChI is InChI=1S/C3H7NO2.C3H4O3.C2H5NO2/c2*1-2(4)3(5)6;3-1-2(4)5/h2H,4H2,1H3,(H,5,6);1H3,(H,5,6);1,3H2,(H,4,5)/t2-;;/m0../s1. The highest BCUT2D eigenvalue weighted by Crippen LogP contribution is 1.68. The molecule has 0 amide bonds. The second kappa shape index (κ2) is 12.1. The highest BCUT2D eigenvalue weighted by atomic mass is 16.4. The van der Waals surface area contributed by atoms with E-state index in [1.807, 2.05) is 0 Å². The molecule has 9 nitrogen and oxygen atoms in total. The van der Waals surface area contributed by atoms with Gasteiger partial charge in [-0.15, -0.1) is 0 Å². The van der Waals surface area contributed by atoms with Crippen molar-refractivity contribution in [1.29, 1.82) is 0 Å². The zero-order chi connectivity index (χ0) is 14.6. The first kappa shape index (κ1) is 20.4. The lowest BCUT2D eigenvalue weighted by molar-refractivity contribution is -0.148. The molecule has 0 aliphatic heterocycles. The lowest BCUT2D eigenvalue weighted by atomic mass is 10.4. The first-order chi connectivity index (χ1) is 7.56. The molecule has 7 N–H and O–H groups in total. The van der Waals surface area contributed by atoms with E-state index in [-0.39, 0.29) is 6.54 Å². The van der Waals surface area contributed by atoms with Gasteiger partial charge in [-0.05, 0) is 6.92 Å².